The summed E-state index contributed by atoms with van der Waals surface area (Å²) in [7, 11) is 2.15. The molecule has 2 nitrogen and oxygen atoms in total. The topological polar surface area (TPSA) is 12.5 Å². The summed E-state index contributed by atoms with van der Waals surface area (Å²) >= 11 is 0. The predicted molar refractivity (Wildman–Crippen MR) is 87.3 cm³/mol. The first-order valence-electron chi connectivity index (χ1n) is 7.41. The second kappa shape index (κ2) is 5.56. The lowest BCUT2D eigenvalue weighted by Crippen LogP contribution is -2.47. The van der Waals surface area contributed by atoms with Crippen molar-refractivity contribution in [2.75, 3.05) is 20.1 Å². The van der Waals surface area contributed by atoms with Crippen LogP contribution >= 0.6 is 12.4 Å². The summed E-state index contributed by atoms with van der Waals surface area (Å²) in [6, 6.07) is 15.1. The highest BCUT2D eigenvalue weighted by Gasteiger charge is 2.51. The molecule has 2 unspecified atom stereocenters. The van der Waals surface area contributed by atoms with Gasteiger partial charge in [0.1, 0.15) is 17.2 Å². The molecule has 4 heteroatoms. The zero-order valence-electron chi connectivity index (χ0n) is 12.5. The van der Waals surface area contributed by atoms with E-state index >= 15 is 0 Å². The van der Waals surface area contributed by atoms with Gasteiger partial charge in [0.2, 0.25) is 0 Å². The Labute approximate surface area is 136 Å². The third kappa shape index (κ3) is 2.20. The summed E-state index contributed by atoms with van der Waals surface area (Å²) in [4.78, 5) is 2.35. The normalized spacial score (nSPS) is 26.5. The molecule has 116 valence electrons. The van der Waals surface area contributed by atoms with Gasteiger partial charge in [-0.25, -0.2) is 4.39 Å². The first-order valence-corrected chi connectivity index (χ1v) is 7.41. The molecule has 2 aliphatic rings. The quantitative estimate of drug-likeness (QED) is 0.789. The lowest BCUT2D eigenvalue weighted by molar-refractivity contribution is 0.00698. The maximum absolute atomic E-state index is 13.3. The standard InChI is InChI=1S/C18H18FNO.ClH/c1-20-11-10-18(13-6-8-14(19)9-7-13)16(12-20)15-4-2-3-5-17(15)21-18;/h2-9,16H,10-12H2,1H3;1H. The molecule has 1 saturated heterocycles. The van der Waals surface area contributed by atoms with E-state index in [4.69, 9.17) is 4.74 Å². The van der Waals surface area contributed by atoms with Gasteiger partial charge in [-0.2, -0.15) is 0 Å². The zero-order chi connectivity index (χ0) is 14.4. The van der Waals surface area contributed by atoms with E-state index in [-0.39, 0.29) is 23.8 Å². The molecule has 0 aromatic heterocycles. The minimum absolute atomic E-state index is 0. The maximum atomic E-state index is 13.3. The van der Waals surface area contributed by atoms with Crippen LogP contribution in [0.4, 0.5) is 4.39 Å². The minimum atomic E-state index is -0.343. The Morgan fingerprint density at radius 2 is 1.86 bits per heavy atom. The predicted octanol–water partition coefficient (Wildman–Crippen LogP) is 3.95. The van der Waals surface area contributed by atoms with E-state index in [0.717, 1.165) is 30.8 Å². The van der Waals surface area contributed by atoms with Gasteiger partial charge in [-0.1, -0.05) is 30.3 Å². The fourth-order valence-corrected chi connectivity index (χ4v) is 3.75. The number of hydrogen-bond acceptors (Lipinski definition) is 2. The van der Waals surface area contributed by atoms with Crippen molar-refractivity contribution in [2.24, 2.45) is 0 Å². The third-order valence-electron chi connectivity index (χ3n) is 4.84. The second-order valence-electron chi connectivity index (χ2n) is 6.10. The van der Waals surface area contributed by atoms with Gasteiger partial charge in [0.15, 0.2) is 0 Å². The first-order chi connectivity index (χ1) is 10.2. The molecule has 0 amide bonds. The Morgan fingerprint density at radius 3 is 2.64 bits per heavy atom. The van der Waals surface area contributed by atoms with Gasteiger partial charge < -0.3 is 9.64 Å². The smallest absolute Gasteiger partial charge is 0.143 e. The number of para-hydroxylation sites is 1. The molecule has 1 fully saturated rings. The van der Waals surface area contributed by atoms with Crippen LogP contribution < -0.4 is 4.74 Å². The molecule has 2 aliphatic heterocycles. The molecular formula is C18H19ClFNO. The number of hydrogen-bond donors (Lipinski definition) is 0. The summed E-state index contributed by atoms with van der Waals surface area (Å²) in [5, 5.41) is 0. The van der Waals surface area contributed by atoms with Gasteiger partial charge >= 0.3 is 0 Å². The number of rotatable bonds is 1. The Balaban J connectivity index is 0.00000144. The number of piperidine rings is 1. The molecule has 0 saturated carbocycles. The number of nitrogens with zero attached hydrogens (tertiary/aromatic N) is 1. The van der Waals surface area contributed by atoms with E-state index in [1.165, 1.54) is 17.7 Å². The Kier molecular flexibility index (Phi) is 3.87. The monoisotopic (exact) mass is 319 g/mol. The van der Waals surface area contributed by atoms with Crippen molar-refractivity contribution in [2.45, 2.75) is 17.9 Å². The fraction of sp³-hybridized carbons (Fsp3) is 0.333. The fourth-order valence-electron chi connectivity index (χ4n) is 3.75. The van der Waals surface area contributed by atoms with Crippen LogP contribution in [0.1, 0.15) is 23.5 Å². The van der Waals surface area contributed by atoms with Crippen molar-refractivity contribution in [1.82, 2.24) is 4.90 Å². The van der Waals surface area contributed by atoms with E-state index in [1.807, 2.05) is 24.3 Å². The van der Waals surface area contributed by atoms with Gasteiger partial charge in [-0.05, 0) is 30.8 Å². The molecule has 2 heterocycles. The lowest BCUT2D eigenvalue weighted by Gasteiger charge is -2.42. The van der Waals surface area contributed by atoms with E-state index in [1.54, 1.807) is 0 Å². The van der Waals surface area contributed by atoms with Crippen molar-refractivity contribution in [3.8, 4) is 5.75 Å². The molecule has 0 bridgehead atoms. The van der Waals surface area contributed by atoms with Crippen molar-refractivity contribution in [3.05, 3.63) is 65.5 Å². The average Bonchev–Trinajstić information content (AvgIpc) is 2.83. The molecule has 2 aromatic rings. The van der Waals surface area contributed by atoms with Crippen molar-refractivity contribution >= 4 is 12.4 Å². The van der Waals surface area contributed by atoms with Crippen LogP contribution in [0, 0.1) is 5.82 Å². The highest BCUT2D eigenvalue weighted by Crippen LogP contribution is 2.54. The molecule has 22 heavy (non-hydrogen) atoms. The Bertz CT molecular complexity index is 675. The molecule has 2 atom stereocenters. The van der Waals surface area contributed by atoms with Crippen molar-refractivity contribution in [3.63, 3.8) is 0 Å². The molecule has 0 aliphatic carbocycles. The average molecular weight is 320 g/mol. The van der Waals surface area contributed by atoms with Crippen LogP contribution in [-0.4, -0.2) is 25.0 Å². The summed E-state index contributed by atoms with van der Waals surface area (Å²) in [6.07, 6.45) is 0.925. The number of halogens is 2. The zero-order valence-corrected chi connectivity index (χ0v) is 13.3. The van der Waals surface area contributed by atoms with Crippen molar-refractivity contribution < 1.29 is 9.13 Å². The van der Waals surface area contributed by atoms with Crippen LogP contribution in [0.5, 0.6) is 5.75 Å². The lowest BCUT2D eigenvalue weighted by atomic mass is 9.74. The summed E-state index contributed by atoms with van der Waals surface area (Å²) < 4.78 is 19.7. The van der Waals surface area contributed by atoms with E-state index in [2.05, 4.69) is 24.1 Å². The number of fused-ring (bicyclic) bond motifs is 3. The summed E-state index contributed by atoms with van der Waals surface area (Å²) in [5.41, 5.74) is 2.01. The molecule has 0 radical (unpaired) electrons. The minimum Gasteiger partial charge on any atom is -0.482 e. The molecule has 0 spiro atoms. The number of likely N-dealkylation sites (tertiary alicyclic amines) is 1. The first kappa shape index (κ1) is 15.3. The molecular weight excluding hydrogens is 301 g/mol. The van der Waals surface area contributed by atoms with Crippen LogP contribution in [-0.2, 0) is 5.60 Å². The Morgan fingerprint density at radius 1 is 1.14 bits per heavy atom. The van der Waals surface area contributed by atoms with Gasteiger partial charge in [0.25, 0.3) is 0 Å². The van der Waals surface area contributed by atoms with Crippen molar-refractivity contribution in [1.29, 1.82) is 0 Å². The highest BCUT2D eigenvalue weighted by atomic mass is 35.5. The highest BCUT2D eigenvalue weighted by molar-refractivity contribution is 5.85. The maximum Gasteiger partial charge on any atom is 0.143 e. The third-order valence-corrected chi connectivity index (χ3v) is 4.84. The SMILES string of the molecule is CN1CCC2(c3ccc(F)cc3)Oc3ccccc3C2C1.Cl. The summed E-state index contributed by atoms with van der Waals surface area (Å²) in [5.74, 6) is 1.08. The van der Waals surface area contributed by atoms with Gasteiger partial charge in [0, 0.05) is 31.0 Å². The molecule has 2 aromatic carbocycles. The van der Waals surface area contributed by atoms with Crippen LogP contribution in [0.2, 0.25) is 0 Å². The van der Waals surface area contributed by atoms with Crippen LogP contribution in [0.3, 0.4) is 0 Å². The van der Waals surface area contributed by atoms with Crippen LogP contribution in [0.15, 0.2) is 48.5 Å². The number of benzene rings is 2. The van der Waals surface area contributed by atoms with Gasteiger partial charge in [0.05, 0.1) is 0 Å². The van der Waals surface area contributed by atoms with E-state index in [0.29, 0.717) is 5.92 Å². The Hall–Kier alpha value is -1.58. The largest absolute Gasteiger partial charge is 0.482 e. The summed E-state index contributed by atoms with van der Waals surface area (Å²) in [6.45, 7) is 1.95. The molecule has 4 rings (SSSR count). The number of likely N-dealkylation sites (N-methyl/N-ethyl adjacent to an activating group) is 1. The van der Waals surface area contributed by atoms with Crippen LogP contribution in [0.25, 0.3) is 0 Å². The number of ether oxygens (including phenoxy) is 1. The second-order valence-corrected chi connectivity index (χ2v) is 6.10. The van der Waals surface area contributed by atoms with Gasteiger partial charge in [-0.3, -0.25) is 0 Å². The van der Waals surface area contributed by atoms with E-state index in [9.17, 15) is 4.39 Å². The van der Waals surface area contributed by atoms with Gasteiger partial charge in [-0.15, -0.1) is 12.4 Å². The van der Waals surface area contributed by atoms with E-state index < -0.39 is 0 Å². The molecule has 0 N–H and O–H groups in total.